The Morgan fingerprint density at radius 1 is 1.29 bits per heavy atom. The smallest absolute Gasteiger partial charge is 0.225 e. The summed E-state index contributed by atoms with van der Waals surface area (Å²) < 4.78 is 7.03. The molecule has 124 valence electrons. The highest BCUT2D eigenvalue weighted by atomic mass is 16.5. The van der Waals surface area contributed by atoms with E-state index in [0.29, 0.717) is 5.76 Å². The van der Waals surface area contributed by atoms with Crippen LogP contribution in [0, 0.1) is 13.8 Å². The SMILES string of the molecule is Cc1noc(C)c1CC(=O)NC(C)c1ccc(-n2ccnc2)cc1. The molecule has 0 radical (unpaired) electrons. The third-order valence-electron chi connectivity index (χ3n) is 4.09. The molecule has 2 heterocycles. The van der Waals surface area contributed by atoms with Crippen LogP contribution in [0.2, 0.25) is 0 Å². The maximum Gasteiger partial charge on any atom is 0.225 e. The number of imidazole rings is 1. The summed E-state index contributed by atoms with van der Waals surface area (Å²) in [4.78, 5) is 16.3. The molecule has 0 bridgehead atoms. The van der Waals surface area contributed by atoms with Gasteiger partial charge in [-0.25, -0.2) is 4.98 Å². The third kappa shape index (κ3) is 3.37. The van der Waals surface area contributed by atoms with Crippen molar-refractivity contribution in [2.75, 3.05) is 0 Å². The molecule has 1 unspecified atom stereocenters. The zero-order valence-corrected chi connectivity index (χ0v) is 14.0. The molecule has 24 heavy (non-hydrogen) atoms. The Balaban J connectivity index is 1.64. The van der Waals surface area contributed by atoms with Gasteiger partial charge in [-0.15, -0.1) is 0 Å². The van der Waals surface area contributed by atoms with Crippen LogP contribution in [-0.4, -0.2) is 20.6 Å². The molecule has 6 nitrogen and oxygen atoms in total. The number of rotatable bonds is 5. The van der Waals surface area contributed by atoms with Gasteiger partial charge in [-0.2, -0.15) is 0 Å². The van der Waals surface area contributed by atoms with Crippen molar-refractivity contribution in [2.24, 2.45) is 0 Å². The lowest BCUT2D eigenvalue weighted by atomic mass is 10.1. The Bertz CT molecular complexity index is 800. The monoisotopic (exact) mass is 324 g/mol. The summed E-state index contributed by atoms with van der Waals surface area (Å²) in [5, 5.41) is 6.89. The predicted octanol–water partition coefficient (Wildman–Crippen LogP) is 2.90. The topological polar surface area (TPSA) is 73.0 Å². The van der Waals surface area contributed by atoms with E-state index in [1.165, 1.54) is 0 Å². The first kappa shape index (κ1) is 16.0. The summed E-state index contributed by atoms with van der Waals surface area (Å²) in [6.45, 7) is 5.63. The van der Waals surface area contributed by atoms with Crippen LogP contribution in [-0.2, 0) is 11.2 Å². The van der Waals surface area contributed by atoms with Crippen molar-refractivity contribution in [2.45, 2.75) is 33.2 Å². The minimum atomic E-state index is -0.0743. The molecule has 1 N–H and O–H groups in total. The Hall–Kier alpha value is -2.89. The summed E-state index contributed by atoms with van der Waals surface area (Å²) in [7, 11) is 0. The summed E-state index contributed by atoms with van der Waals surface area (Å²) in [6, 6.07) is 7.96. The van der Waals surface area contributed by atoms with E-state index in [9.17, 15) is 4.79 Å². The molecule has 0 aliphatic heterocycles. The van der Waals surface area contributed by atoms with Crippen molar-refractivity contribution in [3.05, 3.63) is 65.6 Å². The quantitative estimate of drug-likeness (QED) is 0.783. The van der Waals surface area contributed by atoms with E-state index >= 15 is 0 Å². The van der Waals surface area contributed by atoms with Gasteiger partial charge < -0.3 is 14.4 Å². The van der Waals surface area contributed by atoms with Crippen molar-refractivity contribution in [1.82, 2.24) is 20.0 Å². The van der Waals surface area contributed by atoms with E-state index in [4.69, 9.17) is 4.52 Å². The summed E-state index contributed by atoms with van der Waals surface area (Å²) in [5.41, 5.74) is 3.70. The van der Waals surface area contributed by atoms with Gasteiger partial charge in [0, 0.05) is 23.6 Å². The second-order valence-electron chi connectivity index (χ2n) is 5.83. The fraction of sp³-hybridized carbons (Fsp3) is 0.278. The first-order valence-corrected chi connectivity index (χ1v) is 7.84. The molecule has 0 saturated heterocycles. The van der Waals surface area contributed by atoms with Crippen molar-refractivity contribution >= 4 is 5.91 Å². The molecule has 0 saturated carbocycles. The first-order chi connectivity index (χ1) is 11.5. The van der Waals surface area contributed by atoms with E-state index in [1.807, 2.05) is 55.8 Å². The molecular weight excluding hydrogens is 304 g/mol. The Morgan fingerprint density at radius 2 is 2.04 bits per heavy atom. The van der Waals surface area contributed by atoms with E-state index < -0.39 is 0 Å². The molecule has 1 atom stereocenters. The van der Waals surface area contributed by atoms with Crippen molar-refractivity contribution in [1.29, 1.82) is 0 Å². The van der Waals surface area contributed by atoms with Crippen LogP contribution in [0.25, 0.3) is 5.69 Å². The molecule has 0 spiro atoms. The van der Waals surface area contributed by atoms with Crippen LogP contribution in [0.4, 0.5) is 0 Å². The second kappa shape index (κ2) is 6.70. The third-order valence-corrected chi connectivity index (χ3v) is 4.09. The molecule has 1 amide bonds. The number of amides is 1. The van der Waals surface area contributed by atoms with E-state index in [-0.39, 0.29) is 18.4 Å². The number of hydrogen-bond acceptors (Lipinski definition) is 4. The van der Waals surface area contributed by atoms with Gasteiger partial charge >= 0.3 is 0 Å². The maximum absolute atomic E-state index is 12.3. The minimum absolute atomic E-state index is 0.0458. The molecule has 0 aliphatic carbocycles. The van der Waals surface area contributed by atoms with Crippen LogP contribution in [0.3, 0.4) is 0 Å². The summed E-state index contributed by atoms with van der Waals surface area (Å²) in [6.07, 6.45) is 5.66. The highest BCUT2D eigenvalue weighted by molar-refractivity contribution is 5.79. The number of benzene rings is 1. The lowest BCUT2D eigenvalue weighted by molar-refractivity contribution is -0.121. The highest BCUT2D eigenvalue weighted by Gasteiger charge is 2.15. The van der Waals surface area contributed by atoms with Crippen LogP contribution < -0.4 is 5.32 Å². The minimum Gasteiger partial charge on any atom is -0.361 e. The normalized spacial score (nSPS) is 12.1. The predicted molar refractivity (Wildman–Crippen MR) is 89.8 cm³/mol. The van der Waals surface area contributed by atoms with Crippen molar-refractivity contribution in [3.8, 4) is 5.69 Å². The molecule has 3 aromatic rings. The first-order valence-electron chi connectivity index (χ1n) is 7.84. The molecule has 3 rings (SSSR count). The largest absolute Gasteiger partial charge is 0.361 e. The van der Waals surface area contributed by atoms with E-state index in [0.717, 1.165) is 22.5 Å². The fourth-order valence-electron chi connectivity index (χ4n) is 2.64. The lowest BCUT2D eigenvalue weighted by Gasteiger charge is -2.15. The summed E-state index contributed by atoms with van der Waals surface area (Å²) in [5.74, 6) is 0.649. The van der Waals surface area contributed by atoms with Crippen LogP contribution in [0.1, 0.15) is 35.5 Å². The molecule has 2 aromatic heterocycles. The molecular formula is C18H20N4O2. The number of aromatic nitrogens is 3. The number of nitrogens with one attached hydrogen (secondary N) is 1. The van der Waals surface area contributed by atoms with Gasteiger partial charge in [0.2, 0.25) is 5.91 Å². The second-order valence-corrected chi connectivity index (χ2v) is 5.83. The van der Waals surface area contributed by atoms with Crippen molar-refractivity contribution in [3.63, 3.8) is 0 Å². The molecule has 0 aliphatic rings. The number of carbonyl (C=O) groups is 1. The van der Waals surface area contributed by atoms with Crippen LogP contribution in [0.5, 0.6) is 0 Å². The van der Waals surface area contributed by atoms with E-state index in [2.05, 4.69) is 15.5 Å². The fourth-order valence-corrected chi connectivity index (χ4v) is 2.64. The van der Waals surface area contributed by atoms with Gasteiger partial charge in [0.25, 0.3) is 0 Å². The van der Waals surface area contributed by atoms with Crippen LogP contribution in [0.15, 0.2) is 47.5 Å². The van der Waals surface area contributed by atoms with Gasteiger partial charge in [0.15, 0.2) is 0 Å². The van der Waals surface area contributed by atoms with Gasteiger partial charge in [0.05, 0.1) is 24.5 Å². The lowest BCUT2D eigenvalue weighted by Crippen LogP contribution is -2.28. The summed E-state index contributed by atoms with van der Waals surface area (Å²) >= 11 is 0. The average Bonchev–Trinajstić information content (AvgIpc) is 3.21. The maximum atomic E-state index is 12.3. The number of carbonyl (C=O) groups excluding carboxylic acids is 1. The van der Waals surface area contributed by atoms with E-state index in [1.54, 1.807) is 12.5 Å². The Labute approximate surface area is 140 Å². The van der Waals surface area contributed by atoms with Crippen LogP contribution >= 0.6 is 0 Å². The van der Waals surface area contributed by atoms with Gasteiger partial charge in [-0.05, 0) is 38.5 Å². The highest BCUT2D eigenvalue weighted by Crippen LogP contribution is 2.17. The molecule has 6 heteroatoms. The molecule has 1 aromatic carbocycles. The molecule has 0 fully saturated rings. The van der Waals surface area contributed by atoms with Gasteiger partial charge in [0.1, 0.15) is 5.76 Å². The average molecular weight is 324 g/mol. The Morgan fingerprint density at radius 3 is 2.62 bits per heavy atom. The number of nitrogens with zero attached hydrogens (tertiary/aromatic N) is 3. The number of hydrogen-bond donors (Lipinski definition) is 1. The van der Waals surface area contributed by atoms with Gasteiger partial charge in [-0.3, -0.25) is 4.79 Å². The standard InChI is InChI=1S/C18H20N4O2/c1-12(20-18(23)10-17-13(2)21-24-14(17)3)15-4-6-16(7-5-15)22-9-8-19-11-22/h4-9,11-12H,10H2,1-3H3,(H,20,23). The number of aryl methyl sites for hydroxylation is 2. The van der Waals surface area contributed by atoms with Gasteiger partial charge in [-0.1, -0.05) is 17.3 Å². The Kier molecular flexibility index (Phi) is 4.46. The zero-order valence-electron chi connectivity index (χ0n) is 14.0. The van der Waals surface area contributed by atoms with Crippen molar-refractivity contribution < 1.29 is 9.32 Å². The zero-order chi connectivity index (χ0) is 17.1.